The highest BCUT2D eigenvalue weighted by Crippen LogP contribution is 2.23. The normalized spacial score (nSPS) is 19.5. The maximum absolute atomic E-state index is 4.54. The highest BCUT2D eigenvalue weighted by Gasteiger charge is 2.22. The van der Waals surface area contributed by atoms with E-state index in [4.69, 9.17) is 0 Å². The number of hydrogen-bond acceptors (Lipinski definition) is 3. The van der Waals surface area contributed by atoms with Gasteiger partial charge in [0.1, 0.15) is 0 Å². The standard InChI is InChI=1S/C18H26N4/c1-14-18(15(2)21(3)20-14)13-22-10-6-7-16(12-22)11-17-8-4-5-9-19-17/h4-5,8-9,16H,6-7,10-13H2,1-3H3. The van der Waals surface area contributed by atoms with Gasteiger partial charge in [0.15, 0.2) is 0 Å². The number of aryl methyl sites for hydroxylation is 2. The zero-order valence-electron chi connectivity index (χ0n) is 13.9. The summed E-state index contributed by atoms with van der Waals surface area (Å²) < 4.78 is 2.00. The molecule has 22 heavy (non-hydrogen) atoms. The molecule has 0 radical (unpaired) electrons. The summed E-state index contributed by atoms with van der Waals surface area (Å²) in [6.45, 7) is 7.70. The van der Waals surface area contributed by atoms with Gasteiger partial charge in [-0.1, -0.05) is 6.07 Å². The molecular formula is C18H26N4. The number of pyridine rings is 1. The number of hydrogen-bond donors (Lipinski definition) is 0. The Balaban J connectivity index is 1.63. The largest absolute Gasteiger partial charge is 0.299 e. The molecular weight excluding hydrogens is 272 g/mol. The predicted octanol–water partition coefficient (Wildman–Crippen LogP) is 2.89. The highest BCUT2D eigenvalue weighted by atomic mass is 15.3. The molecule has 3 heterocycles. The van der Waals surface area contributed by atoms with Crippen LogP contribution in [0.1, 0.15) is 35.5 Å². The average molecular weight is 298 g/mol. The maximum atomic E-state index is 4.54. The van der Waals surface area contributed by atoms with E-state index >= 15 is 0 Å². The summed E-state index contributed by atoms with van der Waals surface area (Å²) in [6, 6.07) is 6.23. The SMILES string of the molecule is Cc1nn(C)c(C)c1CN1CCCC(Cc2ccccn2)C1. The summed E-state index contributed by atoms with van der Waals surface area (Å²) in [5.41, 5.74) is 5.10. The Morgan fingerprint density at radius 2 is 2.14 bits per heavy atom. The van der Waals surface area contributed by atoms with Crippen LogP contribution in [0.4, 0.5) is 0 Å². The van der Waals surface area contributed by atoms with Gasteiger partial charge in [-0.3, -0.25) is 14.6 Å². The van der Waals surface area contributed by atoms with Gasteiger partial charge in [-0.2, -0.15) is 5.10 Å². The first-order valence-corrected chi connectivity index (χ1v) is 8.25. The Labute approximate surface area is 133 Å². The van der Waals surface area contributed by atoms with Crippen LogP contribution in [0, 0.1) is 19.8 Å². The average Bonchev–Trinajstić information content (AvgIpc) is 2.75. The fourth-order valence-electron chi connectivity index (χ4n) is 3.55. The monoisotopic (exact) mass is 298 g/mol. The van der Waals surface area contributed by atoms with Gasteiger partial charge in [0, 0.05) is 43.3 Å². The highest BCUT2D eigenvalue weighted by molar-refractivity contribution is 5.24. The molecule has 1 aliphatic heterocycles. The van der Waals surface area contributed by atoms with Crippen molar-refractivity contribution >= 4 is 0 Å². The minimum absolute atomic E-state index is 0.723. The first kappa shape index (κ1) is 15.2. The molecule has 0 aliphatic carbocycles. The second kappa shape index (κ2) is 6.61. The van der Waals surface area contributed by atoms with E-state index in [0.717, 1.165) is 18.9 Å². The Morgan fingerprint density at radius 3 is 2.82 bits per heavy atom. The van der Waals surface area contributed by atoms with Gasteiger partial charge in [-0.25, -0.2) is 0 Å². The Morgan fingerprint density at radius 1 is 1.27 bits per heavy atom. The van der Waals surface area contributed by atoms with Gasteiger partial charge < -0.3 is 0 Å². The van der Waals surface area contributed by atoms with Crippen molar-refractivity contribution in [3.05, 3.63) is 47.0 Å². The minimum Gasteiger partial charge on any atom is -0.299 e. The smallest absolute Gasteiger partial charge is 0.0641 e. The first-order chi connectivity index (χ1) is 10.6. The van der Waals surface area contributed by atoms with Crippen molar-refractivity contribution in [1.29, 1.82) is 0 Å². The predicted molar refractivity (Wildman–Crippen MR) is 88.6 cm³/mol. The molecule has 4 heteroatoms. The lowest BCUT2D eigenvalue weighted by molar-refractivity contribution is 0.166. The van der Waals surface area contributed by atoms with Crippen molar-refractivity contribution in [3.8, 4) is 0 Å². The quantitative estimate of drug-likeness (QED) is 0.870. The molecule has 0 saturated carbocycles. The Kier molecular flexibility index (Phi) is 4.57. The summed E-state index contributed by atoms with van der Waals surface area (Å²) in [4.78, 5) is 7.07. The van der Waals surface area contributed by atoms with E-state index in [1.807, 2.05) is 24.0 Å². The van der Waals surface area contributed by atoms with Crippen LogP contribution >= 0.6 is 0 Å². The number of piperidine rings is 1. The van der Waals surface area contributed by atoms with E-state index in [1.54, 1.807) is 0 Å². The Hall–Kier alpha value is -1.68. The van der Waals surface area contributed by atoms with E-state index < -0.39 is 0 Å². The molecule has 3 rings (SSSR count). The second-order valence-electron chi connectivity index (χ2n) is 6.54. The van der Waals surface area contributed by atoms with Crippen LogP contribution in [-0.2, 0) is 20.0 Å². The first-order valence-electron chi connectivity index (χ1n) is 8.25. The lowest BCUT2D eigenvalue weighted by atomic mass is 9.93. The molecule has 0 spiro atoms. The lowest BCUT2D eigenvalue weighted by Crippen LogP contribution is -2.36. The van der Waals surface area contributed by atoms with Gasteiger partial charge >= 0.3 is 0 Å². The molecule has 0 aromatic carbocycles. The summed E-state index contributed by atoms with van der Waals surface area (Å²) in [5, 5.41) is 4.54. The van der Waals surface area contributed by atoms with E-state index in [2.05, 4.69) is 41.0 Å². The Bertz CT molecular complexity index is 618. The van der Waals surface area contributed by atoms with Gasteiger partial charge in [-0.15, -0.1) is 0 Å². The summed E-state index contributed by atoms with van der Waals surface area (Å²) in [7, 11) is 2.03. The number of aromatic nitrogens is 3. The minimum atomic E-state index is 0.723. The zero-order chi connectivity index (χ0) is 15.5. The molecule has 0 amide bonds. The maximum Gasteiger partial charge on any atom is 0.0641 e. The fourth-order valence-corrected chi connectivity index (χ4v) is 3.55. The van der Waals surface area contributed by atoms with Gasteiger partial charge in [-0.05, 0) is 57.7 Å². The fraction of sp³-hybridized carbons (Fsp3) is 0.556. The van der Waals surface area contributed by atoms with Crippen LogP contribution in [0.25, 0.3) is 0 Å². The van der Waals surface area contributed by atoms with Gasteiger partial charge in [0.05, 0.1) is 5.69 Å². The summed E-state index contributed by atoms with van der Waals surface area (Å²) in [6.07, 6.45) is 5.61. The topological polar surface area (TPSA) is 34.0 Å². The molecule has 1 fully saturated rings. The number of rotatable bonds is 4. The molecule has 1 saturated heterocycles. The summed E-state index contributed by atoms with van der Waals surface area (Å²) >= 11 is 0. The van der Waals surface area contributed by atoms with Crippen molar-refractivity contribution < 1.29 is 0 Å². The van der Waals surface area contributed by atoms with E-state index in [1.165, 1.54) is 48.6 Å². The van der Waals surface area contributed by atoms with Crippen LogP contribution in [0.2, 0.25) is 0 Å². The van der Waals surface area contributed by atoms with Crippen molar-refractivity contribution in [2.75, 3.05) is 13.1 Å². The summed E-state index contributed by atoms with van der Waals surface area (Å²) in [5.74, 6) is 0.723. The van der Waals surface area contributed by atoms with Crippen molar-refractivity contribution in [1.82, 2.24) is 19.7 Å². The third kappa shape index (κ3) is 3.38. The molecule has 2 aromatic rings. The third-order valence-electron chi connectivity index (χ3n) is 4.87. The molecule has 1 unspecified atom stereocenters. The van der Waals surface area contributed by atoms with Gasteiger partial charge in [0.25, 0.3) is 0 Å². The van der Waals surface area contributed by atoms with Crippen LogP contribution in [0.15, 0.2) is 24.4 Å². The second-order valence-corrected chi connectivity index (χ2v) is 6.54. The molecule has 2 aromatic heterocycles. The molecule has 4 nitrogen and oxygen atoms in total. The van der Waals surface area contributed by atoms with E-state index in [9.17, 15) is 0 Å². The third-order valence-corrected chi connectivity index (χ3v) is 4.87. The number of nitrogens with zero attached hydrogens (tertiary/aromatic N) is 4. The van der Waals surface area contributed by atoms with Crippen LogP contribution in [0.3, 0.4) is 0 Å². The molecule has 118 valence electrons. The number of likely N-dealkylation sites (tertiary alicyclic amines) is 1. The van der Waals surface area contributed by atoms with Crippen LogP contribution < -0.4 is 0 Å². The van der Waals surface area contributed by atoms with Crippen molar-refractivity contribution in [2.24, 2.45) is 13.0 Å². The van der Waals surface area contributed by atoms with Gasteiger partial charge in [0.2, 0.25) is 0 Å². The molecule has 0 N–H and O–H groups in total. The van der Waals surface area contributed by atoms with Crippen molar-refractivity contribution in [3.63, 3.8) is 0 Å². The molecule has 1 atom stereocenters. The lowest BCUT2D eigenvalue weighted by Gasteiger charge is -2.32. The zero-order valence-corrected chi connectivity index (χ0v) is 13.9. The van der Waals surface area contributed by atoms with Crippen molar-refractivity contribution in [2.45, 2.75) is 39.7 Å². The van der Waals surface area contributed by atoms with E-state index in [-0.39, 0.29) is 0 Å². The van der Waals surface area contributed by atoms with E-state index in [0.29, 0.717) is 0 Å². The van der Waals surface area contributed by atoms with Crippen LogP contribution in [-0.4, -0.2) is 32.8 Å². The van der Waals surface area contributed by atoms with Crippen LogP contribution in [0.5, 0.6) is 0 Å². The molecule has 0 bridgehead atoms. The molecule has 1 aliphatic rings.